The fourth-order valence-corrected chi connectivity index (χ4v) is 2.88. The zero-order valence-corrected chi connectivity index (χ0v) is 12.8. The molecule has 1 aromatic heterocycles. The van der Waals surface area contributed by atoms with E-state index >= 15 is 0 Å². The molecule has 23 heavy (non-hydrogen) atoms. The van der Waals surface area contributed by atoms with E-state index in [4.69, 9.17) is 0 Å². The van der Waals surface area contributed by atoms with Crippen molar-refractivity contribution in [1.82, 2.24) is 20.4 Å². The summed E-state index contributed by atoms with van der Waals surface area (Å²) in [5.41, 5.74) is -0.603. The van der Waals surface area contributed by atoms with E-state index < -0.39 is 0 Å². The number of aromatic amines is 1. The van der Waals surface area contributed by atoms with Gasteiger partial charge in [-0.2, -0.15) is 0 Å². The Morgan fingerprint density at radius 1 is 1.17 bits per heavy atom. The van der Waals surface area contributed by atoms with Crippen molar-refractivity contribution in [3.63, 3.8) is 0 Å². The Kier molecular flexibility index (Phi) is 4.57. The number of nitrogens with one attached hydrogen (secondary N) is 3. The van der Waals surface area contributed by atoms with Gasteiger partial charge in [-0.05, 0) is 38.1 Å². The summed E-state index contributed by atoms with van der Waals surface area (Å²) < 4.78 is 1.21. The molecule has 1 aliphatic heterocycles. The third-order valence-electron chi connectivity index (χ3n) is 4.15. The van der Waals surface area contributed by atoms with Gasteiger partial charge in [0.1, 0.15) is 0 Å². The van der Waals surface area contributed by atoms with Gasteiger partial charge < -0.3 is 10.6 Å². The van der Waals surface area contributed by atoms with Gasteiger partial charge in [0.05, 0.1) is 17.3 Å². The Balaban J connectivity index is 1.69. The molecule has 2 aromatic rings. The lowest BCUT2D eigenvalue weighted by molar-refractivity contribution is -0.122. The fraction of sp³-hybridized carbons (Fsp3) is 0.438. The van der Waals surface area contributed by atoms with E-state index in [0.717, 1.165) is 25.9 Å². The van der Waals surface area contributed by atoms with Crippen molar-refractivity contribution in [3.8, 4) is 0 Å². The number of hydrogen-bond acceptors (Lipinski definition) is 4. The first-order valence-electron chi connectivity index (χ1n) is 7.87. The molecule has 0 saturated carbocycles. The number of rotatable bonds is 4. The lowest BCUT2D eigenvalue weighted by Crippen LogP contribution is -2.43. The van der Waals surface area contributed by atoms with Gasteiger partial charge in [-0.3, -0.25) is 19.5 Å². The molecule has 1 fully saturated rings. The average Bonchev–Trinajstić information content (AvgIpc) is 2.58. The van der Waals surface area contributed by atoms with Gasteiger partial charge in [0.2, 0.25) is 5.91 Å². The standard InChI is InChI=1S/C16H20N4O3/c21-14(18-11-5-8-17-9-6-11)7-10-20-16(23)13-4-2-1-3-12(13)15(22)19-20/h1-4,11,17H,5-10H2,(H,18,21)(H,19,22). The minimum Gasteiger partial charge on any atom is -0.353 e. The third kappa shape index (κ3) is 3.50. The Bertz CT molecular complexity index is 818. The maximum absolute atomic E-state index is 12.3. The molecule has 3 rings (SSSR count). The minimum atomic E-state index is -0.320. The van der Waals surface area contributed by atoms with Crippen molar-refractivity contribution in [3.05, 3.63) is 45.0 Å². The van der Waals surface area contributed by atoms with E-state index in [2.05, 4.69) is 15.7 Å². The first-order chi connectivity index (χ1) is 11.1. The Morgan fingerprint density at radius 3 is 2.61 bits per heavy atom. The van der Waals surface area contributed by atoms with Crippen molar-refractivity contribution in [2.24, 2.45) is 0 Å². The number of aromatic nitrogens is 2. The predicted octanol–water partition coefficient (Wildman–Crippen LogP) is -0.0519. The summed E-state index contributed by atoms with van der Waals surface area (Å²) in [6.07, 6.45) is 2.00. The molecule has 3 N–H and O–H groups in total. The number of amides is 1. The zero-order valence-electron chi connectivity index (χ0n) is 12.8. The van der Waals surface area contributed by atoms with E-state index in [-0.39, 0.29) is 36.0 Å². The monoisotopic (exact) mass is 316 g/mol. The molecule has 7 heteroatoms. The number of carbonyl (C=O) groups is 1. The number of hydrogen-bond donors (Lipinski definition) is 3. The van der Waals surface area contributed by atoms with Crippen LogP contribution in [0.5, 0.6) is 0 Å². The van der Waals surface area contributed by atoms with E-state index in [1.807, 2.05) is 0 Å². The molecule has 0 aliphatic carbocycles. The van der Waals surface area contributed by atoms with Gasteiger partial charge in [-0.1, -0.05) is 12.1 Å². The van der Waals surface area contributed by atoms with E-state index in [1.54, 1.807) is 24.3 Å². The van der Waals surface area contributed by atoms with Crippen LogP contribution in [0.2, 0.25) is 0 Å². The maximum Gasteiger partial charge on any atom is 0.273 e. The van der Waals surface area contributed by atoms with Crippen LogP contribution in [0.3, 0.4) is 0 Å². The van der Waals surface area contributed by atoms with E-state index in [1.165, 1.54) is 4.68 Å². The summed E-state index contributed by atoms with van der Waals surface area (Å²) in [5, 5.41) is 9.49. The van der Waals surface area contributed by atoms with Gasteiger partial charge in [-0.25, -0.2) is 4.68 Å². The predicted molar refractivity (Wildman–Crippen MR) is 87.5 cm³/mol. The SMILES string of the molecule is O=C(CCn1[nH]c(=O)c2ccccc2c1=O)NC1CCNCC1. The summed E-state index contributed by atoms with van der Waals surface area (Å²) >= 11 is 0. The minimum absolute atomic E-state index is 0.0993. The molecule has 7 nitrogen and oxygen atoms in total. The molecule has 0 spiro atoms. The molecule has 0 radical (unpaired) electrons. The van der Waals surface area contributed by atoms with Crippen LogP contribution in [-0.4, -0.2) is 34.8 Å². The van der Waals surface area contributed by atoms with Crippen molar-refractivity contribution >= 4 is 16.7 Å². The second-order valence-corrected chi connectivity index (χ2v) is 5.79. The topological polar surface area (TPSA) is 96.0 Å². The number of piperidine rings is 1. The van der Waals surface area contributed by atoms with Crippen LogP contribution in [0.4, 0.5) is 0 Å². The van der Waals surface area contributed by atoms with Crippen molar-refractivity contribution in [1.29, 1.82) is 0 Å². The second-order valence-electron chi connectivity index (χ2n) is 5.79. The molecular formula is C16H20N4O3. The summed E-state index contributed by atoms with van der Waals surface area (Å²) in [6.45, 7) is 1.97. The first kappa shape index (κ1) is 15.5. The molecule has 1 aromatic carbocycles. The van der Waals surface area contributed by atoms with Crippen LogP contribution < -0.4 is 21.8 Å². The average molecular weight is 316 g/mol. The van der Waals surface area contributed by atoms with E-state index in [9.17, 15) is 14.4 Å². The lowest BCUT2D eigenvalue weighted by Gasteiger charge is -2.23. The molecule has 1 aliphatic rings. The summed E-state index contributed by atoms with van der Waals surface area (Å²) in [7, 11) is 0. The maximum atomic E-state index is 12.3. The summed E-state index contributed by atoms with van der Waals surface area (Å²) in [4.78, 5) is 36.3. The number of fused-ring (bicyclic) bond motifs is 1. The van der Waals surface area contributed by atoms with Gasteiger partial charge in [0.25, 0.3) is 11.1 Å². The highest BCUT2D eigenvalue weighted by molar-refractivity contribution is 5.80. The van der Waals surface area contributed by atoms with Crippen molar-refractivity contribution in [2.45, 2.75) is 31.8 Å². The summed E-state index contributed by atoms with van der Waals surface area (Å²) in [6, 6.07) is 6.86. The third-order valence-corrected chi connectivity index (χ3v) is 4.15. The highest BCUT2D eigenvalue weighted by atomic mass is 16.2. The number of nitrogens with zero attached hydrogens (tertiary/aromatic N) is 1. The van der Waals surface area contributed by atoms with Crippen LogP contribution in [0.1, 0.15) is 19.3 Å². The van der Waals surface area contributed by atoms with Crippen molar-refractivity contribution < 1.29 is 4.79 Å². The number of H-pyrrole nitrogens is 1. The van der Waals surface area contributed by atoms with Gasteiger partial charge in [0, 0.05) is 12.5 Å². The first-order valence-corrected chi connectivity index (χ1v) is 7.87. The molecule has 1 amide bonds. The number of carbonyl (C=O) groups excluding carboxylic acids is 1. The quantitative estimate of drug-likeness (QED) is 0.737. The molecule has 2 heterocycles. The molecule has 0 bridgehead atoms. The molecule has 122 valence electrons. The fourth-order valence-electron chi connectivity index (χ4n) is 2.88. The zero-order chi connectivity index (χ0) is 16.2. The molecule has 0 unspecified atom stereocenters. The molecule has 1 saturated heterocycles. The lowest BCUT2D eigenvalue weighted by atomic mass is 10.1. The summed E-state index contributed by atoms with van der Waals surface area (Å²) in [5.74, 6) is -0.0993. The van der Waals surface area contributed by atoms with Crippen LogP contribution >= 0.6 is 0 Å². The largest absolute Gasteiger partial charge is 0.353 e. The van der Waals surface area contributed by atoms with Crippen LogP contribution in [-0.2, 0) is 11.3 Å². The number of benzene rings is 1. The Labute approximate surface area is 132 Å². The molecule has 0 atom stereocenters. The van der Waals surface area contributed by atoms with Crippen LogP contribution in [0.25, 0.3) is 10.8 Å². The van der Waals surface area contributed by atoms with Crippen LogP contribution in [0.15, 0.2) is 33.9 Å². The second kappa shape index (κ2) is 6.78. The van der Waals surface area contributed by atoms with E-state index in [0.29, 0.717) is 10.8 Å². The van der Waals surface area contributed by atoms with Crippen LogP contribution in [0, 0.1) is 0 Å². The Hall–Kier alpha value is -2.41. The van der Waals surface area contributed by atoms with Gasteiger partial charge >= 0.3 is 0 Å². The number of aryl methyl sites for hydroxylation is 1. The normalized spacial score (nSPS) is 15.7. The van der Waals surface area contributed by atoms with Crippen molar-refractivity contribution in [2.75, 3.05) is 13.1 Å². The highest BCUT2D eigenvalue weighted by Crippen LogP contribution is 2.04. The Morgan fingerprint density at radius 2 is 1.87 bits per heavy atom. The highest BCUT2D eigenvalue weighted by Gasteiger charge is 2.15. The van der Waals surface area contributed by atoms with Gasteiger partial charge in [0.15, 0.2) is 0 Å². The molecular weight excluding hydrogens is 296 g/mol. The van der Waals surface area contributed by atoms with Gasteiger partial charge in [-0.15, -0.1) is 0 Å². The smallest absolute Gasteiger partial charge is 0.273 e.